The van der Waals surface area contributed by atoms with Crippen molar-refractivity contribution in [2.75, 3.05) is 29.9 Å². The van der Waals surface area contributed by atoms with Crippen molar-refractivity contribution in [3.63, 3.8) is 0 Å². The zero-order valence-electron chi connectivity index (χ0n) is 11.2. The van der Waals surface area contributed by atoms with Crippen molar-refractivity contribution in [1.82, 2.24) is 9.97 Å². The number of aliphatic hydroxyl groups is 1. The van der Waals surface area contributed by atoms with Gasteiger partial charge in [-0.1, -0.05) is 6.92 Å². The second kappa shape index (κ2) is 6.00. The Morgan fingerprint density at radius 2 is 2.22 bits per heavy atom. The van der Waals surface area contributed by atoms with Crippen LogP contribution in [0.3, 0.4) is 0 Å². The number of anilines is 2. The van der Waals surface area contributed by atoms with Crippen LogP contribution in [0.4, 0.5) is 11.6 Å². The number of hydrogen-bond acceptors (Lipinski definition) is 5. The van der Waals surface area contributed by atoms with Crippen molar-refractivity contribution in [1.29, 1.82) is 0 Å². The minimum absolute atomic E-state index is 0.164. The highest BCUT2D eigenvalue weighted by atomic mass is 16.3. The summed E-state index contributed by atoms with van der Waals surface area (Å²) in [7, 11) is 0. The number of aliphatic hydroxyl groups excluding tert-OH is 1. The van der Waals surface area contributed by atoms with Crippen LogP contribution in [0.15, 0.2) is 6.07 Å². The lowest BCUT2D eigenvalue weighted by Crippen LogP contribution is -2.30. The van der Waals surface area contributed by atoms with E-state index in [2.05, 4.69) is 27.1 Å². The predicted molar refractivity (Wildman–Crippen MR) is 73.0 cm³/mol. The molecule has 5 nitrogen and oxygen atoms in total. The fourth-order valence-corrected chi connectivity index (χ4v) is 2.02. The van der Waals surface area contributed by atoms with E-state index >= 15 is 0 Å². The van der Waals surface area contributed by atoms with Crippen LogP contribution in [0.5, 0.6) is 0 Å². The van der Waals surface area contributed by atoms with E-state index in [1.165, 1.54) is 12.8 Å². The molecule has 0 aromatic carbocycles. The molecule has 100 valence electrons. The van der Waals surface area contributed by atoms with Crippen molar-refractivity contribution >= 4 is 11.6 Å². The molecule has 2 rings (SSSR count). The van der Waals surface area contributed by atoms with Crippen molar-refractivity contribution < 1.29 is 5.11 Å². The van der Waals surface area contributed by atoms with E-state index in [0.717, 1.165) is 30.4 Å². The summed E-state index contributed by atoms with van der Waals surface area (Å²) < 4.78 is 0. The normalized spacial score (nSPS) is 14.6. The van der Waals surface area contributed by atoms with Gasteiger partial charge in [-0.25, -0.2) is 9.97 Å². The van der Waals surface area contributed by atoms with Crippen LogP contribution in [0.1, 0.15) is 32.0 Å². The molecule has 2 N–H and O–H groups in total. The second-order valence-corrected chi connectivity index (χ2v) is 4.73. The first-order chi connectivity index (χ1) is 8.74. The summed E-state index contributed by atoms with van der Waals surface area (Å²) in [6.07, 6.45) is 3.46. The molecule has 0 bridgehead atoms. The Balaban J connectivity index is 2.16. The maximum absolute atomic E-state index is 9.15. The molecule has 0 unspecified atom stereocenters. The van der Waals surface area contributed by atoms with Crippen LogP contribution < -0.4 is 10.2 Å². The molecule has 1 aliphatic carbocycles. The summed E-state index contributed by atoms with van der Waals surface area (Å²) >= 11 is 0. The third-order valence-corrected chi connectivity index (χ3v) is 3.00. The third kappa shape index (κ3) is 3.32. The molecule has 1 saturated carbocycles. The molecule has 1 heterocycles. The number of hydrogen-bond donors (Lipinski definition) is 2. The number of aryl methyl sites for hydroxylation is 1. The van der Waals surface area contributed by atoms with Crippen LogP contribution >= 0.6 is 0 Å². The average molecular weight is 250 g/mol. The molecular formula is C13H22N4O. The minimum Gasteiger partial charge on any atom is -0.395 e. The Hall–Kier alpha value is -1.36. The molecule has 18 heavy (non-hydrogen) atoms. The van der Waals surface area contributed by atoms with E-state index in [0.29, 0.717) is 12.6 Å². The van der Waals surface area contributed by atoms with Gasteiger partial charge in [-0.15, -0.1) is 0 Å². The molecule has 0 aliphatic heterocycles. The molecule has 1 aromatic heterocycles. The summed E-state index contributed by atoms with van der Waals surface area (Å²) in [4.78, 5) is 11.1. The Morgan fingerprint density at radius 3 is 2.83 bits per heavy atom. The fourth-order valence-electron chi connectivity index (χ4n) is 2.02. The summed E-state index contributed by atoms with van der Waals surface area (Å²) in [5.74, 6) is 2.58. The summed E-state index contributed by atoms with van der Waals surface area (Å²) in [6, 6.07) is 2.53. The fraction of sp³-hybridized carbons (Fsp3) is 0.692. The number of rotatable bonds is 7. The molecule has 0 spiro atoms. The summed E-state index contributed by atoms with van der Waals surface area (Å²) in [6.45, 7) is 5.76. The van der Waals surface area contributed by atoms with Crippen molar-refractivity contribution in [2.45, 2.75) is 39.2 Å². The highest BCUT2D eigenvalue weighted by Crippen LogP contribution is 2.31. The van der Waals surface area contributed by atoms with E-state index in [-0.39, 0.29) is 6.61 Å². The molecular weight excluding hydrogens is 228 g/mol. The Morgan fingerprint density at radius 1 is 1.44 bits per heavy atom. The number of aromatic nitrogens is 2. The minimum atomic E-state index is 0.164. The highest BCUT2D eigenvalue weighted by molar-refractivity contribution is 5.50. The van der Waals surface area contributed by atoms with Gasteiger partial charge in [0.05, 0.1) is 6.61 Å². The number of nitrogens with one attached hydrogen (secondary N) is 1. The first-order valence-corrected chi connectivity index (χ1v) is 6.71. The van der Waals surface area contributed by atoms with Gasteiger partial charge in [0.2, 0.25) is 0 Å². The quantitative estimate of drug-likeness (QED) is 0.769. The lowest BCUT2D eigenvalue weighted by atomic mass is 10.4. The Labute approximate surface area is 108 Å². The van der Waals surface area contributed by atoms with Gasteiger partial charge in [0.15, 0.2) is 0 Å². The predicted octanol–water partition coefficient (Wildman–Crippen LogP) is 1.57. The van der Waals surface area contributed by atoms with E-state index < -0.39 is 0 Å². The van der Waals surface area contributed by atoms with Crippen LogP contribution in [0, 0.1) is 6.92 Å². The van der Waals surface area contributed by atoms with Crippen molar-refractivity contribution in [2.24, 2.45) is 0 Å². The third-order valence-electron chi connectivity index (χ3n) is 3.00. The summed E-state index contributed by atoms with van der Waals surface area (Å²) in [5, 5.41) is 12.4. The van der Waals surface area contributed by atoms with Crippen LogP contribution in [0.25, 0.3) is 0 Å². The topological polar surface area (TPSA) is 61.3 Å². The molecule has 5 heteroatoms. The largest absolute Gasteiger partial charge is 0.395 e. The zero-order chi connectivity index (χ0) is 13.0. The molecule has 1 fully saturated rings. The van der Waals surface area contributed by atoms with Gasteiger partial charge in [-0.3, -0.25) is 0 Å². The SMILES string of the molecule is CCCNc1cc(N(CCO)C2CC2)nc(C)n1. The molecule has 0 saturated heterocycles. The maximum atomic E-state index is 9.15. The lowest BCUT2D eigenvalue weighted by Gasteiger charge is -2.23. The zero-order valence-corrected chi connectivity index (χ0v) is 11.2. The van der Waals surface area contributed by atoms with E-state index in [9.17, 15) is 0 Å². The Bertz CT molecular complexity index is 393. The molecule has 0 radical (unpaired) electrons. The Kier molecular flexibility index (Phi) is 4.36. The van der Waals surface area contributed by atoms with Crippen LogP contribution in [0.2, 0.25) is 0 Å². The highest BCUT2D eigenvalue weighted by Gasteiger charge is 2.29. The lowest BCUT2D eigenvalue weighted by molar-refractivity contribution is 0.301. The number of nitrogens with zero attached hydrogens (tertiary/aromatic N) is 3. The van der Waals surface area contributed by atoms with Gasteiger partial charge in [-0.05, 0) is 26.2 Å². The van der Waals surface area contributed by atoms with Crippen LogP contribution in [-0.2, 0) is 0 Å². The molecule has 1 aliphatic rings. The van der Waals surface area contributed by atoms with E-state index in [1.54, 1.807) is 0 Å². The standard InChI is InChI=1S/C13H22N4O/c1-3-6-14-12-9-13(16-10(2)15-12)17(7-8-18)11-4-5-11/h9,11,18H,3-8H2,1-2H3,(H,14,15,16). The van der Waals surface area contributed by atoms with Crippen molar-refractivity contribution in [3.8, 4) is 0 Å². The second-order valence-electron chi connectivity index (χ2n) is 4.73. The maximum Gasteiger partial charge on any atom is 0.134 e. The smallest absolute Gasteiger partial charge is 0.134 e. The van der Waals surface area contributed by atoms with Gasteiger partial charge >= 0.3 is 0 Å². The van der Waals surface area contributed by atoms with Gasteiger partial charge < -0.3 is 15.3 Å². The van der Waals surface area contributed by atoms with Gasteiger partial charge in [-0.2, -0.15) is 0 Å². The molecule has 0 amide bonds. The van der Waals surface area contributed by atoms with E-state index in [4.69, 9.17) is 5.11 Å². The van der Waals surface area contributed by atoms with Crippen LogP contribution in [-0.4, -0.2) is 40.8 Å². The van der Waals surface area contributed by atoms with Gasteiger partial charge in [0.1, 0.15) is 17.5 Å². The first kappa shape index (κ1) is 13.1. The summed E-state index contributed by atoms with van der Waals surface area (Å²) in [5.41, 5.74) is 0. The molecule has 1 aromatic rings. The monoisotopic (exact) mass is 250 g/mol. The average Bonchev–Trinajstić information content (AvgIpc) is 3.17. The van der Waals surface area contributed by atoms with E-state index in [1.807, 2.05) is 13.0 Å². The van der Waals surface area contributed by atoms with Gasteiger partial charge in [0.25, 0.3) is 0 Å². The van der Waals surface area contributed by atoms with Crippen molar-refractivity contribution in [3.05, 3.63) is 11.9 Å². The first-order valence-electron chi connectivity index (χ1n) is 6.71. The van der Waals surface area contributed by atoms with Gasteiger partial charge in [0, 0.05) is 25.2 Å². The molecule has 0 atom stereocenters.